The third kappa shape index (κ3) is 4.48. The number of rotatable bonds is 5. The molecule has 0 saturated heterocycles. The summed E-state index contributed by atoms with van der Waals surface area (Å²) in [4.78, 5) is 16.5. The van der Waals surface area contributed by atoms with E-state index in [1.807, 2.05) is 30.5 Å². The van der Waals surface area contributed by atoms with Gasteiger partial charge in [0.15, 0.2) is 5.16 Å². The Kier molecular flexibility index (Phi) is 5.19. The molecule has 1 heterocycles. The van der Waals surface area contributed by atoms with Crippen LogP contribution in [0, 0.1) is 19.7 Å². The Morgan fingerprint density at radius 2 is 1.84 bits per heavy atom. The van der Waals surface area contributed by atoms with Crippen molar-refractivity contribution in [1.29, 1.82) is 0 Å². The number of carbonyl (C=O) groups excluding carboxylic acids is 1. The fourth-order valence-corrected chi connectivity index (χ4v) is 3.34. The number of thioether (sulfide) groups is 1. The van der Waals surface area contributed by atoms with Crippen molar-refractivity contribution in [3.8, 4) is 5.69 Å². The van der Waals surface area contributed by atoms with E-state index in [1.165, 1.54) is 23.9 Å². The van der Waals surface area contributed by atoms with Gasteiger partial charge in [-0.15, -0.1) is 0 Å². The zero-order valence-corrected chi connectivity index (χ0v) is 14.8. The van der Waals surface area contributed by atoms with E-state index < -0.39 is 0 Å². The van der Waals surface area contributed by atoms with E-state index in [9.17, 15) is 9.18 Å². The number of aryl methyl sites for hydroxylation is 2. The molecule has 25 heavy (non-hydrogen) atoms. The number of aromatic nitrogens is 2. The van der Waals surface area contributed by atoms with Gasteiger partial charge in [0.2, 0.25) is 5.91 Å². The van der Waals surface area contributed by atoms with Gasteiger partial charge in [0.05, 0.1) is 5.75 Å². The lowest BCUT2D eigenvalue weighted by atomic mass is 10.1. The molecule has 2 aromatic carbocycles. The summed E-state index contributed by atoms with van der Waals surface area (Å²) in [5, 5.41) is 3.59. The molecule has 0 radical (unpaired) electrons. The molecule has 3 rings (SSSR count). The number of benzene rings is 2. The van der Waals surface area contributed by atoms with Crippen LogP contribution in [0.2, 0.25) is 0 Å². The first-order valence-corrected chi connectivity index (χ1v) is 8.80. The van der Waals surface area contributed by atoms with Crippen LogP contribution in [-0.2, 0) is 4.79 Å². The van der Waals surface area contributed by atoms with Crippen molar-refractivity contribution in [2.45, 2.75) is 19.0 Å². The van der Waals surface area contributed by atoms with Crippen molar-refractivity contribution in [1.82, 2.24) is 9.55 Å². The van der Waals surface area contributed by atoms with Crippen molar-refractivity contribution in [2.24, 2.45) is 0 Å². The van der Waals surface area contributed by atoms with Crippen LogP contribution >= 0.6 is 11.8 Å². The number of carbonyl (C=O) groups is 1. The summed E-state index contributed by atoms with van der Waals surface area (Å²) in [6.45, 7) is 3.99. The van der Waals surface area contributed by atoms with E-state index in [0.717, 1.165) is 22.5 Å². The zero-order valence-electron chi connectivity index (χ0n) is 14.0. The van der Waals surface area contributed by atoms with Gasteiger partial charge in [0, 0.05) is 23.8 Å². The lowest BCUT2D eigenvalue weighted by molar-refractivity contribution is -0.113. The zero-order chi connectivity index (χ0) is 17.8. The second-order valence-corrected chi connectivity index (χ2v) is 6.71. The fourth-order valence-electron chi connectivity index (χ4n) is 2.57. The van der Waals surface area contributed by atoms with Crippen molar-refractivity contribution in [3.63, 3.8) is 0 Å². The molecule has 128 valence electrons. The lowest BCUT2D eigenvalue weighted by Gasteiger charge is -2.09. The van der Waals surface area contributed by atoms with Gasteiger partial charge in [-0.2, -0.15) is 0 Å². The minimum atomic E-state index is -0.286. The van der Waals surface area contributed by atoms with Crippen LogP contribution in [0.4, 0.5) is 10.1 Å². The van der Waals surface area contributed by atoms with E-state index in [0.29, 0.717) is 5.16 Å². The molecule has 4 nitrogen and oxygen atoms in total. The second kappa shape index (κ2) is 7.53. The van der Waals surface area contributed by atoms with Crippen molar-refractivity contribution in [2.75, 3.05) is 11.1 Å². The highest BCUT2D eigenvalue weighted by Gasteiger charge is 2.10. The number of nitrogens with one attached hydrogen (secondary N) is 1. The molecule has 0 aliphatic rings. The van der Waals surface area contributed by atoms with Crippen LogP contribution in [0.1, 0.15) is 11.1 Å². The molecule has 0 aliphatic carbocycles. The normalized spacial score (nSPS) is 10.7. The first-order valence-electron chi connectivity index (χ1n) is 7.81. The molecular formula is C19H18FN3OS. The first-order chi connectivity index (χ1) is 12.0. The maximum Gasteiger partial charge on any atom is 0.234 e. The lowest BCUT2D eigenvalue weighted by Crippen LogP contribution is -2.14. The monoisotopic (exact) mass is 355 g/mol. The van der Waals surface area contributed by atoms with Gasteiger partial charge in [-0.25, -0.2) is 9.37 Å². The number of hydrogen-bond donors (Lipinski definition) is 1. The molecule has 0 spiro atoms. The Bertz CT molecular complexity index is 870. The van der Waals surface area contributed by atoms with Crippen LogP contribution in [0.25, 0.3) is 5.69 Å². The SMILES string of the molecule is Cc1cc(C)cc(NC(=O)CSc2nccn2-c2ccc(F)cc2)c1. The molecule has 0 bridgehead atoms. The van der Waals surface area contributed by atoms with E-state index >= 15 is 0 Å². The van der Waals surface area contributed by atoms with Crippen molar-refractivity contribution in [3.05, 3.63) is 71.8 Å². The Labute approximate surface area is 150 Å². The minimum absolute atomic E-state index is 0.0938. The molecule has 3 aromatic rings. The van der Waals surface area contributed by atoms with E-state index in [-0.39, 0.29) is 17.5 Å². The summed E-state index contributed by atoms with van der Waals surface area (Å²) in [5.74, 6) is -0.139. The Morgan fingerprint density at radius 1 is 1.16 bits per heavy atom. The fraction of sp³-hybridized carbons (Fsp3) is 0.158. The maximum atomic E-state index is 13.1. The highest BCUT2D eigenvalue weighted by atomic mass is 32.2. The molecular weight excluding hydrogens is 337 g/mol. The van der Waals surface area contributed by atoms with Crippen LogP contribution in [0.5, 0.6) is 0 Å². The molecule has 0 atom stereocenters. The smallest absolute Gasteiger partial charge is 0.234 e. The van der Waals surface area contributed by atoms with Gasteiger partial charge in [-0.3, -0.25) is 9.36 Å². The summed E-state index contributed by atoms with van der Waals surface area (Å²) in [6.07, 6.45) is 3.45. The van der Waals surface area contributed by atoms with E-state index in [1.54, 1.807) is 24.5 Å². The van der Waals surface area contributed by atoms with Gasteiger partial charge < -0.3 is 5.32 Å². The largest absolute Gasteiger partial charge is 0.325 e. The molecule has 0 fully saturated rings. The average Bonchev–Trinajstić information content (AvgIpc) is 3.01. The number of hydrogen-bond acceptors (Lipinski definition) is 3. The molecule has 0 unspecified atom stereocenters. The number of anilines is 1. The predicted octanol–water partition coefficient (Wildman–Crippen LogP) is 4.36. The van der Waals surface area contributed by atoms with Crippen LogP contribution in [-0.4, -0.2) is 21.2 Å². The standard InChI is InChI=1S/C19H18FN3OS/c1-13-9-14(2)11-16(10-13)22-18(24)12-25-19-21-7-8-23(19)17-5-3-15(20)4-6-17/h3-11H,12H2,1-2H3,(H,22,24). The molecule has 1 amide bonds. The van der Waals surface area contributed by atoms with Gasteiger partial charge in [0.1, 0.15) is 5.82 Å². The average molecular weight is 355 g/mol. The number of halogens is 1. The van der Waals surface area contributed by atoms with E-state index in [2.05, 4.69) is 16.4 Å². The third-order valence-electron chi connectivity index (χ3n) is 3.55. The summed E-state index contributed by atoms with van der Waals surface area (Å²) < 4.78 is 14.9. The second-order valence-electron chi connectivity index (χ2n) is 5.77. The highest BCUT2D eigenvalue weighted by molar-refractivity contribution is 7.99. The minimum Gasteiger partial charge on any atom is -0.325 e. The van der Waals surface area contributed by atoms with Crippen molar-refractivity contribution < 1.29 is 9.18 Å². The summed E-state index contributed by atoms with van der Waals surface area (Å²) in [6, 6.07) is 12.1. The summed E-state index contributed by atoms with van der Waals surface area (Å²) >= 11 is 1.33. The number of nitrogens with zero attached hydrogens (tertiary/aromatic N) is 2. The van der Waals surface area contributed by atoms with Crippen LogP contribution < -0.4 is 5.32 Å². The highest BCUT2D eigenvalue weighted by Crippen LogP contribution is 2.21. The van der Waals surface area contributed by atoms with E-state index in [4.69, 9.17) is 0 Å². The molecule has 0 saturated carbocycles. The van der Waals surface area contributed by atoms with Gasteiger partial charge in [-0.05, 0) is 61.4 Å². The number of amides is 1. The maximum absolute atomic E-state index is 13.1. The molecule has 0 aliphatic heterocycles. The molecule has 6 heteroatoms. The van der Waals surface area contributed by atoms with Crippen molar-refractivity contribution >= 4 is 23.4 Å². The van der Waals surface area contributed by atoms with Gasteiger partial charge in [0.25, 0.3) is 0 Å². The van der Waals surface area contributed by atoms with Crippen LogP contribution in [0.3, 0.4) is 0 Å². The topological polar surface area (TPSA) is 46.9 Å². The molecule has 1 aromatic heterocycles. The Morgan fingerprint density at radius 3 is 2.52 bits per heavy atom. The van der Waals surface area contributed by atoms with Crippen LogP contribution in [0.15, 0.2) is 60.0 Å². The van der Waals surface area contributed by atoms with Gasteiger partial charge in [-0.1, -0.05) is 17.8 Å². The van der Waals surface area contributed by atoms with Gasteiger partial charge >= 0.3 is 0 Å². The molecule has 1 N–H and O–H groups in total. The third-order valence-corrected chi connectivity index (χ3v) is 4.52. The Balaban J connectivity index is 1.65. The first kappa shape index (κ1) is 17.2. The predicted molar refractivity (Wildman–Crippen MR) is 98.8 cm³/mol. The summed E-state index contributed by atoms with van der Waals surface area (Å²) in [5.41, 5.74) is 3.81. The quantitative estimate of drug-likeness (QED) is 0.692. The Hall–Kier alpha value is -2.60. The number of imidazole rings is 1. The summed E-state index contributed by atoms with van der Waals surface area (Å²) in [7, 11) is 0.